The molecule has 2 aliphatic rings. The van der Waals surface area contributed by atoms with Crippen molar-refractivity contribution in [1.29, 1.82) is 0 Å². The number of Topliss-reactive ketones (excluding diaryl/α,β-unsaturated/α-hetero) is 2. The number of ether oxygens (including phenoxy) is 1. The molecule has 1 unspecified atom stereocenters. The van der Waals surface area contributed by atoms with Crippen molar-refractivity contribution in [1.82, 2.24) is 5.01 Å². The first-order valence-corrected chi connectivity index (χ1v) is 9.81. The highest BCUT2D eigenvalue weighted by Crippen LogP contribution is 2.35. The predicted molar refractivity (Wildman–Crippen MR) is 118 cm³/mol. The van der Waals surface area contributed by atoms with E-state index in [0.717, 1.165) is 11.4 Å². The van der Waals surface area contributed by atoms with Gasteiger partial charge in [-0.3, -0.25) is 14.4 Å². The largest absolute Gasteiger partial charge is 0.436 e. The maximum atomic E-state index is 12.2. The minimum absolute atomic E-state index is 0. The number of halogens is 2. The van der Waals surface area contributed by atoms with E-state index in [2.05, 4.69) is 10.1 Å². The summed E-state index contributed by atoms with van der Waals surface area (Å²) in [7, 11) is 1.47. The Kier molecular flexibility index (Phi) is 7.55. The van der Waals surface area contributed by atoms with E-state index in [9.17, 15) is 14.4 Å². The summed E-state index contributed by atoms with van der Waals surface area (Å²) >= 11 is 12.7. The summed E-state index contributed by atoms with van der Waals surface area (Å²) in [6, 6.07) is 2.99. The Morgan fingerprint density at radius 2 is 1.80 bits per heavy atom. The Morgan fingerprint density at radius 1 is 1.17 bits per heavy atom. The van der Waals surface area contributed by atoms with E-state index < -0.39 is 5.78 Å². The fraction of sp³-hybridized carbons (Fsp3) is 0.381. The van der Waals surface area contributed by atoms with Crippen LogP contribution in [0.15, 0.2) is 33.9 Å². The second kappa shape index (κ2) is 9.53. The van der Waals surface area contributed by atoms with Crippen molar-refractivity contribution in [3.8, 4) is 5.75 Å². The van der Waals surface area contributed by atoms with E-state index >= 15 is 0 Å². The van der Waals surface area contributed by atoms with E-state index in [1.165, 1.54) is 19.2 Å². The van der Waals surface area contributed by atoms with Crippen LogP contribution in [-0.4, -0.2) is 47.7 Å². The van der Waals surface area contributed by atoms with Gasteiger partial charge in [-0.15, -0.1) is 0 Å². The lowest BCUT2D eigenvalue weighted by Gasteiger charge is -2.20. The third-order valence-corrected chi connectivity index (χ3v) is 5.35. The number of hydrogen-bond acceptors (Lipinski definition) is 6. The average Bonchev–Trinajstić information content (AvgIpc) is 2.68. The second-order valence-corrected chi connectivity index (χ2v) is 7.64. The molecule has 0 fully saturated rings. The maximum Gasteiger partial charge on any atom is 0.250 e. The zero-order chi connectivity index (χ0) is 21.3. The molecule has 0 saturated carbocycles. The van der Waals surface area contributed by atoms with Crippen LogP contribution in [0.25, 0.3) is 0 Å². The highest BCUT2D eigenvalue weighted by molar-refractivity contribution is 6.50. The van der Waals surface area contributed by atoms with Crippen LogP contribution in [0.2, 0.25) is 10.0 Å². The molecule has 0 bridgehead atoms. The summed E-state index contributed by atoms with van der Waals surface area (Å²) < 4.78 is 5.77. The fourth-order valence-electron chi connectivity index (χ4n) is 2.91. The third-order valence-electron chi connectivity index (χ3n) is 4.79. The minimum Gasteiger partial charge on any atom is -0.436 e. The van der Waals surface area contributed by atoms with Crippen LogP contribution in [0.1, 0.15) is 39.7 Å². The van der Waals surface area contributed by atoms with Gasteiger partial charge in [0.15, 0.2) is 17.3 Å². The second-order valence-electron chi connectivity index (χ2n) is 6.82. The molecular weight excluding hydrogens is 429 g/mol. The van der Waals surface area contributed by atoms with Gasteiger partial charge in [-0.25, -0.2) is 10.0 Å². The van der Waals surface area contributed by atoms with Gasteiger partial charge >= 0.3 is 0 Å². The number of ketones is 2. The number of hydrazone groups is 1. The Balaban J connectivity index is 0.00000320. The smallest absolute Gasteiger partial charge is 0.250 e. The van der Waals surface area contributed by atoms with Crippen LogP contribution in [-0.2, 0) is 14.4 Å². The number of benzene rings is 1. The molecule has 1 atom stereocenters. The minimum atomic E-state index is -0.412. The van der Waals surface area contributed by atoms with Crippen LogP contribution in [0.3, 0.4) is 0 Å². The lowest BCUT2D eigenvalue weighted by atomic mass is 9.93. The number of rotatable bonds is 4. The summed E-state index contributed by atoms with van der Waals surface area (Å²) in [5, 5.41) is 5.43. The zero-order valence-corrected chi connectivity index (χ0v) is 17.7. The lowest BCUT2D eigenvalue weighted by molar-refractivity contribution is -0.134. The van der Waals surface area contributed by atoms with Crippen molar-refractivity contribution >= 4 is 52.3 Å². The van der Waals surface area contributed by atoms with E-state index in [1.807, 2.05) is 13.8 Å². The van der Waals surface area contributed by atoms with Crippen molar-refractivity contribution in [3.05, 3.63) is 39.4 Å². The van der Waals surface area contributed by atoms with Crippen LogP contribution in [0.5, 0.6) is 5.75 Å². The zero-order valence-electron chi connectivity index (χ0n) is 16.2. The molecule has 0 spiro atoms. The molecule has 0 radical (unpaired) electrons. The standard InChI is InChI=1S/C20H19Cl2N3O4.CH4/c1-4-10(2)12-7-17(23-9-16(12)27)29-20-13(21)5-11(6-14(20)22)19-15(26)8-18(28)25(3)24-19;/h5-7,10H,4,8-9H2,1-3H3;1H4. The van der Waals surface area contributed by atoms with Gasteiger partial charge in [-0.2, -0.15) is 5.10 Å². The van der Waals surface area contributed by atoms with Crippen molar-refractivity contribution in [2.75, 3.05) is 13.6 Å². The molecule has 3 rings (SSSR count). The third kappa shape index (κ3) is 4.79. The summed E-state index contributed by atoms with van der Waals surface area (Å²) in [5.41, 5.74) is 1.13. The molecule has 160 valence electrons. The molecule has 2 heterocycles. The lowest BCUT2D eigenvalue weighted by Crippen LogP contribution is -2.35. The number of aliphatic imine (C=N–C) groups is 1. The van der Waals surface area contributed by atoms with Crippen molar-refractivity contribution < 1.29 is 19.1 Å². The molecule has 1 aromatic carbocycles. The van der Waals surface area contributed by atoms with E-state index in [1.54, 1.807) is 6.08 Å². The summed E-state index contributed by atoms with van der Waals surface area (Å²) in [6.45, 7) is 3.97. The molecule has 0 aliphatic carbocycles. The predicted octanol–water partition coefficient (Wildman–Crippen LogP) is 4.10. The van der Waals surface area contributed by atoms with Crippen molar-refractivity contribution in [2.45, 2.75) is 34.1 Å². The van der Waals surface area contributed by atoms with Gasteiger partial charge in [0.1, 0.15) is 12.3 Å². The molecule has 7 nitrogen and oxygen atoms in total. The van der Waals surface area contributed by atoms with E-state index in [0.29, 0.717) is 11.1 Å². The highest BCUT2D eigenvalue weighted by Gasteiger charge is 2.28. The van der Waals surface area contributed by atoms with Gasteiger partial charge in [0, 0.05) is 24.3 Å². The molecule has 0 aromatic heterocycles. The van der Waals surface area contributed by atoms with Crippen LogP contribution < -0.4 is 4.74 Å². The van der Waals surface area contributed by atoms with Gasteiger partial charge in [0.2, 0.25) is 11.8 Å². The molecule has 0 saturated heterocycles. The number of amides is 1. The number of carbonyl (C=O) groups excluding carboxylic acids is 3. The first kappa shape index (κ1) is 23.8. The van der Waals surface area contributed by atoms with Crippen LogP contribution >= 0.6 is 23.2 Å². The van der Waals surface area contributed by atoms with E-state index in [-0.39, 0.29) is 65.4 Å². The van der Waals surface area contributed by atoms with Gasteiger partial charge in [0.25, 0.3) is 0 Å². The Hall–Kier alpha value is -2.51. The fourth-order valence-corrected chi connectivity index (χ4v) is 3.48. The molecule has 9 heteroatoms. The molecule has 1 amide bonds. The van der Waals surface area contributed by atoms with Crippen molar-refractivity contribution in [2.24, 2.45) is 16.0 Å². The molecule has 2 aliphatic heterocycles. The quantitative estimate of drug-likeness (QED) is 0.644. The van der Waals surface area contributed by atoms with Crippen molar-refractivity contribution in [3.63, 3.8) is 0 Å². The van der Waals surface area contributed by atoms with Crippen LogP contribution in [0.4, 0.5) is 0 Å². The SMILES string of the molecule is C.CCC(C)C1=CC(Oc2c(Cl)cc(C3=NN(C)C(=O)CC3=O)cc2Cl)=NCC1=O. The van der Waals surface area contributed by atoms with Crippen LogP contribution in [0, 0.1) is 5.92 Å². The maximum absolute atomic E-state index is 12.2. The Bertz CT molecular complexity index is 975. The van der Waals surface area contributed by atoms with Gasteiger partial charge < -0.3 is 4.74 Å². The number of carbonyl (C=O) groups is 3. The molecular formula is C21H23Cl2N3O4. The van der Waals surface area contributed by atoms with Gasteiger partial charge in [-0.1, -0.05) is 44.5 Å². The molecule has 30 heavy (non-hydrogen) atoms. The van der Waals surface area contributed by atoms with Gasteiger partial charge in [0.05, 0.1) is 16.5 Å². The first-order chi connectivity index (χ1) is 13.7. The molecule has 0 N–H and O–H groups in total. The number of nitrogens with zero attached hydrogens (tertiary/aromatic N) is 3. The summed E-state index contributed by atoms with van der Waals surface area (Å²) in [6.07, 6.45) is 2.15. The Labute approximate surface area is 185 Å². The normalized spacial score (nSPS) is 17.7. The van der Waals surface area contributed by atoms with E-state index in [4.69, 9.17) is 27.9 Å². The number of dihydropyridines is 1. The first-order valence-electron chi connectivity index (χ1n) is 9.06. The number of hydrogen-bond donors (Lipinski definition) is 0. The highest BCUT2D eigenvalue weighted by atomic mass is 35.5. The molecule has 1 aromatic rings. The Morgan fingerprint density at radius 3 is 2.40 bits per heavy atom. The monoisotopic (exact) mass is 451 g/mol. The topological polar surface area (TPSA) is 88.4 Å². The average molecular weight is 452 g/mol. The summed E-state index contributed by atoms with van der Waals surface area (Å²) in [4.78, 5) is 40.0. The summed E-state index contributed by atoms with van der Waals surface area (Å²) in [5.74, 6) is -0.340. The van der Waals surface area contributed by atoms with Gasteiger partial charge in [-0.05, 0) is 24.5 Å².